The smallest absolute Gasteiger partial charge is 0.294 e. The van der Waals surface area contributed by atoms with Gasteiger partial charge in [0.25, 0.3) is 0 Å². The highest BCUT2D eigenvalue weighted by atomic mass is 79.9. The van der Waals surface area contributed by atoms with Crippen LogP contribution in [0.15, 0.2) is 51.4 Å². The fourth-order valence-electron chi connectivity index (χ4n) is 3.00. The van der Waals surface area contributed by atoms with E-state index in [1.54, 1.807) is 0 Å². The summed E-state index contributed by atoms with van der Waals surface area (Å²) in [6.45, 7) is 0.611. The normalized spacial score (nSPS) is 15.2. The molecular weight excluding hydrogens is 630 g/mol. The lowest BCUT2D eigenvalue weighted by Gasteiger charge is -2.19. The third-order valence-corrected chi connectivity index (χ3v) is 6.80. The molecule has 192 valence electrons. The van der Waals surface area contributed by atoms with Crippen molar-refractivity contribution in [3.63, 3.8) is 0 Å². The van der Waals surface area contributed by atoms with E-state index < -0.39 is 70.6 Å². The quantitative estimate of drug-likeness (QED) is 0.226. The van der Waals surface area contributed by atoms with Crippen molar-refractivity contribution < 1.29 is 48.7 Å². The summed E-state index contributed by atoms with van der Waals surface area (Å²) >= 11 is 6.09. The van der Waals surface area contributed by atoms with Crippen LogP contribution in [0, 0.1) is 5.92 Å². The van der Waals surface area contributed by atoms with E-state index in [0.717, 1.165) is 12.1 Å². The summed E-state index contributed by atoms with van der Waals surface area (Å²) in [5.74, 6) is -7.94. The fourth-order valence-corrected chi connectivity index (χ4v) is 3.65. The maximum atomic E-state index is 14.8. The van der Waals surface area contributed by atoms with Crippen molar-refractivity contribution in [3.8, 4) is 0 Å². The van der Waals surface area contributed by atoms with Gasteiger partial charge >= 0.3 is 18.5 Å². The summed E-state index contributed by atoms with van der Waals surface area (Å²) < 4.78 is 135. The number of allylic oxidation sites excluding steroid dienone is 1. The summed E-state index contributed by atoms with van der Waals surface area (Å²) in [6, 6.07) is 4.52. The van der Waals surface area contributed by atoms with Crippen molar-refractivity contribution in [2.45, 2.75) is 37.8 Å². The van der Waals surface area contributed by atoms with Gasteiger partial charge in [-0.05, 0) is 61.7 Å². The summed E-state index contributed by atoms with van der Waals surface area (Å²) in [5, 5.41) is 0. The second-order valence-electron chi connectivity index (χ2n) is 7.54. The van der Waals surface area contributed by atoms with Gasteiger partial charge in [-0.15, -0.1) is 0 Å². The van der Waals surface area contributed by atoms with Gasteiger partial charge in [0.15, 0.2) is 5.78 Å². The number of rotatable bonds is 6. The Morgan fingerprint density at radius 3 is 1.97 bits per heavy atom. The Morgan fingerprint density at radius 2 is 1.49 bits per heavy atom. The minimum absolute atomic E-state index is 0.0817. The Labute approximate surface area is 209 Å². The van der Waals surface area contributed by atoms with Crippen LogP contribution in [0.4, 0.5) is 43.9 Å². The van der Waals surface area contributed by atoms with E-state index in [-0.39, 0.29) is 16.6 Å². The van der Waals surface area contributed by atoms with Gasteiger partial charge in [0.2, 0.25) is 0 Å². The number of Topliss-reactive ketones (excluding diaryl/α,β-unsaturated/α-hetero) is 1. The van der Waals surface area contributed by atoms with E-state index in [1.807, 2.05) is 0 Å². The van der Waals surface area contributed by atoms with E-state index in [4.69, 9.17) is 0 Å². The molecule has 0 saturated heterocycles. The lowest BCUT2D eigenvalue weighted by atomic mass is 9.93. The molecule has 2 aromatic rings. The molecule has 0 N–H and O–H groups in total. The molecule has 1 unspecified atom stereocenters. The van der Waals surface area contributed by atoms with Crippen LogP contribution in [0.1, 0.15) is 46.3 Å². The Morgan fingerprint density at radius 1 is 0.886 bits per heavy atom. The Kier molecular flexibility index (Phi) is 8.90. The highest BCUT2D eigenvalue weighted by Crippen LogP contribution is 2.41. The standard InChI is InChI=1S/C22H14Br2F10O/c1-10(20(26,27)28)6-19(35)13-4-2-12(7-15(13)22(32,33)34)18(25)9-14(21(29,30)31)11-3-5-16(23)17(24)8-11/h2-5,7-10,14H,6H2,1H3/b18-9-/t10-,14?/m0/s1. The van der Waals surface area contributed by atoms with Crippen LogP contribution in [0.3, 0.4) is 0 Å². The number of benzene rings is 2. The summed E-state index contributed by atoms with van der Waals surface area (Å²) in [6.07, 6.45) is -16.3. The van der Waals surface area contributed by atoms with E-state index in [0.29, 0.717) is 23.5 Å². The molecular formula is C22H14Br2F10O. The predicted molar refractivity (Wildman–Crippen MR) is 115 cm³/mol. The highest BCUT2D eigenvalue weighted by Gasteiger charge is 2.42. The molecule has 0 aliphatic heterocycles. The van der Waals surface area contributed by atoms with E-state index in [1.165, 1.54) is 6.07 Å². The SMILES string of the molecule is C[C@@H](CC(=O)c1ccc(/C(F)=C/C(c2ccc(Br)c(Br)c2)C(F)(F)F)cc1C(F)(F)F)C(F)(F)F. The van der Waals surface area contributed by atoms with Crippen molar-refractivity contribution in [3.05, 3.63) is 73.7 Å². The van der Waals surface area contributed by atoms with E-state index >= 15 is 0 Å². The molecule has 0 aromatic heterocycles. The molecule has 2 atom stereocenters. The number of hydrogen-bond acceptors (Lipinski definition) is 1. The van der Waals surface area contributed by atoms with Gasteiger partial charge in [-0.1, -0.05) is 25.1 Å². The topological polar surface area (TPSA) is 17.1 Å². The summed E-state index contributed by atoms with van der Waals surface area (Å²) in [5.41, 5.74) is -4.24. The van der Waals surface area contributed by atoms with Crippen LogP contribution in [-0.4, -0.2) is 18.1 Å². The maximum Gasteiger partial charge on any atom is 0.417 e. The first kappa shape index (κ1) is 29.3. The highest BCUT2D eigenvalue weighted by molar-refractivity contribution is 9.13. The number of carbonyl (C=O) groups excluding carboxylic acids is 1. The van der Waals surface area contributed by atoms with Gasteiger partial charge in [-0.2, -0.15) is 39.5 Å². The van der Waals surface area contributed by atoms with Gasteiger partial charge in [0.05, 0.1) is 11.5 Å². The second kappa shape index (κ2) is 10.6. The van der Waals surface area contributed by atoms with E-state index in [2.05, 4.69) is 31.9 Å². The first-order valence-electron chi connectivity index (χ1n) is 9.53. The van der Waals surface area contributed by atoms with E-state index in [9.17, 15) is 48.7 Å². The zero-order valence-corrected chi connectivity index (χ0v) is 20.5. The van der Waals surface area contributed by atoms with Crippen LogP contribution in [0.5, 0.6) is 0 Å². The Balaban J connectivity index is 2.54. The summed E-state index contributed by atoms with van der Waals surface area (Å²) in [7, 11) is 0. The molecule has 35 heavy (non-hydrogen) atoms. The lowest BCUT2D eigenvalue weighted by Crippen LogP contribution is -2.24. The molecule has 2 rings (SSSR count). The lowest BCUT2D eigenvalue weighted by molar-refractivity contribution is -0.168. The zero-order chi connectivity index (χ0) is 26.9. The van der Waals surface area contributed by atoms with Crippen LogP contribution >= 0.6 is 31.9 Å². The van der Waals surface area contributed by atoms with Crippen molar-refractivity contribution in [2.75, 3.05) is 0 Å². The number of carbonyl (C=O) groups is 1. The molecule has 2 aromatic carbocycles. The van der Waals surface area contributed by atoms with Crippen molar-refractivity contribution in [1.29, 1.82) is 0 Å². The van der Waals surface area contributed by atoms with Crippen LogP contribution in [-0.2, 0) is 6.18 Å². The minimum atomic E-state index is -5.29. The molecule has 0 aliphatic rings. The molecule has 0 radical (unpaired) electrons. The number of hydrogen-bond donors (Lipinski definition) is 0. The Bertz CT molecular complexity index is 1120. The number of alkyl halides is 9. The van der Waals surface area contributed by atoms with Gasteiger partial charge in [0, 0.05) is 26.5 Å². The molecule has 0 bridgehead atoms. The van der Waals surface area contributed by atoms with Crippen LogP contribution < -0.4 is 0 Å². The summed E-state index contributed by atoms with van der Waals surface area (Å²) in [4.78, 5) is 12.1. The van der Waals surface area contributed by atoms with Gasteiger partial charge < -0.3 is 0 Å². The van der Waals surface area contributed by atoms with Crippen molar-refractivity contribution in [2.24, 2.45) is 5.92 Å². The van der Waals surface area contributed by atoms with Crippen molar-refractivity contribution >= 4 is 43.5 Å². The first-order chi connectivity index (χ1) is 15.8. The predicted octanol–water partition coefficient (Wildman–Crippen LogP) is 9.66. The largest absolute Gasteiger partial charge is 0.417 e. The fraction of sp³-hybridized carbons (Fsp3) is 0.318. The van der Waals surface area contributed by atoms with Crippen molar-refractivity contribution in [1.82, 2.24) is 0 Å². The van der Waals surface area contributed by atoms with Gasteiger partial charge in [-0.25, -0.2) is 4.39 Å². The second-order valence-corrected chi connectivity index (χ2v) is 9.24. The molecule has 13 heteroatoms. The monoisotopic (exact) mass is 642 g/mol. The molecule has 0 fully saturated rings. The molecule has 0 amide bonds. The minimum Gasteiger partial charge on any atom is -0.294 e. The first-order valence-corrected chi connectivity index (χ1v) is 11.1. The maximum absolute atomic E-state index is 14.8. The van der Waals surface area contributed by atoms with Crippen LogP contribution in [0.2, 0.25) is 0 Å². The van der Waals surface area contributed by atoms with Crippen LogP contribution in [0.25, 0.3) is 5.83 Å². The average Bonchev–Trinajstić information content (AvgIpc) is 2.71. The molecule has 0 heterocycles. The average molecular weight is 644 g/mol. The molecule has 0 saturated carbocycles. The third-order valence-electron chi connectivity index (χ3n) is 4.92. The molecule has 1 nitrogen and oxygen atoms in total. The third kappa shape index (κ3) is 7.55. The molecule has 0 spiro atoms. The number of ketones is 1. The van der Waals surface area contributed by atoms with Gasteiger partial charge in [0.1, 0.15) is 11.7 Å². The Hall–Kier alpha value is -1.89. The zero-order valence-electron chi connectivity index (χ0n) is 17.3. The van der Waals surface area contributed by atoms with Gasteiger partial charge in [-0.3, -0.25) is 4.79 Å². The molecule has 0 aliphatic carbocycles. The number of halogens is 12.